The maximum absolute atomic E-state index is 12.8. The Hall–Kier alpha value is -2.09. The van der Waals surface area contributed by atoms with Crippen LogP contribution in [-0.2, 0) is 10.2 Å². The van der Waals surface area contributed by atoms with E-state index in [-0.39, 0.29) is 0 Å². The summed E-state index contributed by atoms with van der Waals surface area (Å²) in [6.45, 7) is 4.45. The van der Waals surface area contributed by atoms with Crippen molar-refractivity contribution in [3.63, 3.8) is 0 Å². The number of methoxy groups -OCH3 is 2. The van der Waals surface area contributed by atoms with Crippen LogP contribution in [0.1, 0.15) is 31.0 Å². The average Bonchev–Trinajstić information content (AvgIpc) is 2.67. The van der Waals surface area contributed by atoms with Crippen LogP contribution in [0.25, 0.3) is 0 Å². The fourth-order valence-electron chi connectivity index (χ4n) is 2.71. The summed E-state index contributed by atoms with van der Waals surface area (Å²) in [6, 6.07) is 14.2. The van der Waals surface area contributed by atoms with Crippen molar-refractivity contribution in [2.45, 2.75) is 19.9 Å². The monoisotopic (exact) mass is 378 g/mol. The molecule has 0 radical (unpaired) electrons. The van der Waals surface area contributed by atoms with Crippen molar-refractivity contribution in [3.05, 3.63) is 59.7 Å². The van der Waals surface area contributed by atoms with Crippen LogP contribution >= 0.6 is 0 Å². The summed E-state index contributed by atoms with van der Waals surface area (Å²) in [6.07, 6.45) is 0. The van der Waals surface area contributed by atoms with Crippen molar-refractivity contribution in [2.24, 2.45) is 0 Å². The molecular weight excluding hydrogens is 352 g/mol. The summed E-state index contributed by atoms with van der Waals surface area (Å²) < 4.78 is 40.1. The lowest BCUT2D eigenvalue weighted by molar-refractivity contribution is 0.414. The molecule has 2 aromatic carbocycles. The van der Waals surface area contributed by atoms with Crippen molar-refractivity contribution < 1.29 is 17.9 Å². The lowest BCUT2D eigenvalue weighted by Crippen LogP contribution is -2.42. The maximum Gasteiger partial charge on any atom is 0.280 e. The normalized spacial score (nSPS) is 11.8. The molecule has 0 fully saturated rings. The molecule has 0 aliphatic rings. The second kappa shape index (κ2) is 9.02. The van der Waals surface area contributed by atoms with Gasteiger partial charge in [-0.1, -0.05) is 38.1 Å². The van der Waals surface area contributed by atoms with Crippen LogP contribution in [0.5, 0.6) is 11.5 Å². The van der Waals surface area contributed by atoms with Gasteiger partial charge in [0.1, 0.15) is 11.5 Å². The zero-order valence-electron chi connectivity index (χ0n) is 15.6. The average molecular weight is 378 g/mol. The van der Waals surface area contributed by atoms with E-state index in [0.29, 0.717) is 24.6 Å². The highest BCUT2D eigenvalue weighted by Gasteiger charge is 2.25. The predicted octanol–water partition coefficient (Wildman–Crippen LogP) is 2.97. The van der Waals surface area contributed by atoms with E-state index >= 15 is 0 Å². The van der Waals surface area contributed by atoms with E-state index in [9.17, 15) is 8.42 Å². The molecule has 2 rings (SSSR count). The van der Waals surface area contributed by atoms with Crippen molar-refractivity contribution in [3.8, 4) is 11.5 Å². The zero-order chi connectivity index (χ0) is 19.2. The lowest BCUT2D eigenvalue weighted by atomic mass is 9.99. The molecule has 1 N–H and O–H groups in total. The Kier molecular flexibility index (Phi) is 7.02. The first-order chi connectivity index (χ1) is 12.4. The topological polar surface area (TPSA) is 67.9 Å². The predicted molar refractivity (Wildman–Crippen MR) is 103 cm³/mol. The summed E-state index contributed by atoms with van der Waals surface area (Å²) in [5.41, 5.74) is 1.65. The largest absolute Gasteiger partial charge is 0.497 e. The van der Waals surface area contributed by atoms with E-state index in [1.165, 1.54) is 4.31 Å². The minimum absolute atomic E-state index is 0.407. The van der Waals surface area contributed by atoms with E-state index in [1.54, 1.807) is 14.2 Å². The van der Waals surface area contributed by atoms with E-state index in [4.69, 9.17) is 9.47 Å². The number of rotatable bonds is 9. The standard InChI is InChI=1S/C19H26N2O4S/c1-5-21(6-2)26(22,23)20-19(15-7-11-17(24-3)12-8-15)16-9-13-18(25-4)14-10-16/h7-14,19-20H,5-6H2,1-4H3. The number of benzene rings is 2. The molecule has 6 nitrogen and oxygen atoms in total. The molecule has 0 aliphatic carbocycles. The van der Waals surface area contributed by atoms with Crippen LogP contribution < -0.4 is 14.2 Å². The van der Waals surface area contributed by atoms with Gasteiger partial charge in [0, 0.05) is 13.1 Å². The van der Waals surface area contributed by atoms with E-state index in [2.05, 4.69) is 4.72 Å². The van der Waals surface area contributed by atoms with Gasteiger partial charge in [-0.15, -0.1) is 0 Å². The summed E-state index contributed by atoms with van der Waals surface area (Å²) >= 11 is 0. The van der Waals surface area contributed by atoms with Crippen LogP contribution in [0.15, 0.2) is 48.5 Å². The van der Waals surface area contributed by atoms with Gasteiger partial charge >= 0.3 is 0 Å². The molecule has 142 valence electrons. The summed E-state index contributed by atoms with van der Waals surface area (Å²) in [7, 11) is -0.436. The second-order valence-corrected chi connectivity index (χ2v) is 7.39. The fraction of sp³-hybridized carbons (Fsp3) is 0.368. The molecule has 2 aromatic rings. The second-order valence-electron chi connectivity index (χ2n) is 5.69. The van der Waals surface area contributed by atoms with Gasteiger partial charge in [0.2, 0.25) is 0 Å². The van der Waals surface area contributed by atoms with Crippen LogP contribution in [0.3, 0.4) is 0 Å². The number of nitrogens with zero attached hydrogens (tertiary/aromatic N) is 1. The van der Waals surface area contributed by atoms with E-state index in [0.717, 1.165) is 11.1 Å². The first-order valence-corrected chi connectivity index (χ1v) is 9.94. The van der Waals surface area contributed by atoms with Gasteiger partial charge < -0.3 is 9.47 Å². The van der Waals surface area contributed by atoms with Gasteiger partial charge in [0.15, 0.2) is 0 Å². The number of ether oxygens (including phenoxy) is 2. The molecule has 7 heteroatoms. The van der Waals surface area contributed by atoms with Gasteiger partial charge in [-0.25, -0.2) is 0 Å². The van der Waals surface area contributed by atoms with Crippen LogP contribution in [0, 0.1) is 0 Å². The van der Waals surface area contributed by atoms with E-state index in [1.807, 2.05) is 62.4 Å². The van der Waals surface area contributed by atoms with Crippen molar-refractivity contribution >= 4 is 10.2 Å². The smallest absolute Gasteiger partial charge is 0.280 e. The molecule has 0 aromatic heterocycles. The Morgan fingerprint density at radius 3 is 1.54 bits per heavy atom. The van der Waals surface area contributed by atoms with Gasteiger partial charge in [-0.3, -0.25) is 0 Å². The number of hydrogen-bond donors (Lipinski definition) is 1. The Morgan fingerprint density at radius 2 is 1.23 bits per heavy atom. The summed E-state index contributed by atoms with van der Waals surface area (Å²) in [5.74, 6) is 1.43. The van der Waals surface area contributed by atoms with Crippen LogP contribution in [0.4, 0.5) is 0 Å². The Balaban J connectivity index is 2.43. The molecule has 0 atom stereocenters. The zero-order valence-corrected chi connectivity index (χ0v) is 16.4. The highest BCUT2D eigenvalue weighted by molar-refractivity contribution is 7.87. The molecule has 0 aliphatic heterocycles. The maximum atomic E-state index is 12.8. The SMILES string of the molecule is CCN(CC)S(=O)(=O)NC(c1ccc(OC)cc1)c1ccc(OC)cc1. The summed E-state index contributed by atoms with van der Waals surface area (Å²) in [4.78, 5) is 0. The molecule has 0 saturated heterocycles. The number of nitrogens with one attached hydrogen (secondary N) is 1. The first-order valence-electron chi connectivity index (χ1n) is 8.50. The van der Waals surface area contributed by atoms with Crippen molar-refractivity contribution in [1.82, 2.24) is 9.03 Å². The molecule has 0 heterocycles. The van der Waals surface area contributed by atoms with Gasteiger partial charge in [-0.05, 0) is 35.4 Å². The number of hydrogen-bond acceptors (Lipinski definition) is 4. The van der Waals surface area contributed by atoms with Gasteiger partial charge in [0.05, 0.1) is 20.3 Å². The quantitative estimate of drug-likeness (QED) is 0.728. The molecule has 0 saturated carbocycles. The molecule has 0 bridgehead atoms. The first kappa shape index (κ1) is 20.2. The highest BCUT2D eigenvalue weighted by atomic mass is 32.2. The Morgan fingerprint density at radius 1 is 0.846 bits per heavy atom. The lowest BCUT2D eigenvalue weighted by Gasteiger charge is -2.25. The minimum atomic E-state index is -3.63. The van der Waals surface area contributed by atoms with Crippen LogP contribution in [-0.4, -0.2) is 40.0 Å². The van der Waals surface area contributed by atoms with Crippen molar-refractivity contribution in [1.29, 1.82) is 0 Å². The third-order valence-corrected chi connectivity index (χ3v) is 5.94. The Labute approximate surface area is 155 Å². The molecule has 0 spiro atoms. The molecule has 26 heavy (non-hydrogen) atoms. The molecule has 0 amide bonds. The summed E-state index contributed by atoms with van der Waals surface area (Å²) in [5, 5.41) is 0. The van der Waals surface area contributed by atoms with Gasteiger partial charge in [-0.2, -0.15) is 17.4 Å². The Bertz CT molecular complexity index is 738. The molecule has 0 unspecified atom stereocenters. The highest BCUT2D eigenvalue weighted by Crippen LogP contribution is 2.27. The fourth-order valence-corrected chi connectivity index (χ4v) is 4.11. The minimum Gasteiger partial charge on any atom is -0.497 e. The molecular formula is C19H26N2O4S. The van der Waals surface area contributed by atoms with Crippen molar-refractivity contribution in [2.75, 3.05) is 27.3 Å². The van der Waals surface area contributed by atoms with Gasteiger partial charge in [0.25, 0.3) is 10.2 Å². The third-order valence-electron chi connectivity index (χ3n) is 4.21. The van der Waals surface area contributed by atoms with Crippen LogP contribution in [0.2, 0.25) is 0 Å². The third kappa shape index (κ3) is 4.75. The van der Waals surface area contributed by atoms with E-state index < -0.39 is 16.3 Å².